The molecule has 27 heavy (non-hydrogen) atoms. The van der Waals surface area contributed by atoms with Crippen LogP contribution in [0.25, 0.3) is 0 Å². The van der Waals surface area contributed by atoms with Crippen LogP contribution in [0.3, 0.4) is 0 Å². The normalized spacial score (nSPS) is 10.3. The lowest BCUT2D eigenvalue weighted by atomic mass is 10.1. The van der Waals surface area contributed by atoms with Crippen molar-refractivity contribution in [1.29, 1.82) is 0 Å². The molecule has 0 unspecified atom stereocenters. The maximum atomic E-state index is 12.5. The number of anilines is 3. The number of halogens is 1. The first-order valence-electron chi connectivity index (χ1n) is 8.21. The summed E-state index contributed by atoms with van der Waals surface area (Å²) in [6.07, 6.45) is 0. The molecule has 2 N–H and O–H groups in total. The Kier molecular flexibility index (Phi) is 5.47. The molecule has 0 fully saturated rings. The standard InChI is InChI=1S/C20H17ClN4O2/c1-12(26)14-6-8-16(9-7-14)25-20(27)18-11-19(23-13(2)22-18)24-17-5-3-4-15(21)10-17/h3-11H,1-2H3,(H,25,27)(H,22,23,24). The number of carbonyl (C=O) groups is 2. The molecular weight excluding hydrogens is 364 g/mol. The maximum Gasteiger partial charge on any atom is 0.274 e. The van der Waals surface area contributed by atoms with Crippen LogP contribution >= 0.6 is 11.6 Å². The van der Waals surface area contributed by atoms with E-state index >= 15 is 0 Å². The Hall–Kier alpha value is -3.25. The van der Waals surface area contributed by atoms with Gasteiger partial charge >= 0.3 is 0 Å². The highest BCUT2D eigenvalue weighted by Crippen LogP contribution is 2.20. The van der Waals surface area contributed by atoms with Gasteiger partial charge in [0, 0.05) is 28.0 Å². The number of aromatic nitrogens is 2. The Morgan fingerprint density at radius 3 is 2.37 bits per heavy atom. The van der Waals surface area contributed by atoms with Crippen molar-refractivity contribution in [2.24, 2.45) is 0 Å². The van der Waals surface area contributed by atoms with Gasteiger partial charge in [-0.1, -0.05) is 17.7 Å². The predicted octanol–water partition coefficient (Wildman–Crippen LogP) is 4.64. The second-order valence-corrected chi connectivity index (χ2v) is 6.35. The molecule has 0 saturated carbocycles. The van der Waals surface area contributed by atoms with Crippen molar-refractivity contribution >= 4 is 40.5 Å². The van der Waals surface area contributed by atoms with Crippen molar-refractivity contribution < 1.29 is 9.59 Å². The number of Topliss-reactive ketones (excluding diaryl/α,β-unsaturated/α-hetero) is 1. The Morgan fingerprint density at radius 1 is 0.963 bits per heavy atom. The van der Waals surface area contributed by atoms with Gasteiger partial charge in [-0.25, -0.2) is 9.97 Å². The number of carbonyl (C=O) groups excluding carboxylic acids is 2. The summed E-state index contributed by atoms with van der Waals surface area (Å²) in [5.41, 5.74) is 2.14. The van der Waals surface area contributed by atoms with Crippen molar-refractivity contribution in [3.05, 3.63) is 76.7 Å². The summed E-state index contributed by atoms with van der Waals surface area (Å²) in [6.45, 7) is 3.20. The molecule has 0 atom stereocenters. The molecule has 3 rings (SSSR count). The zero-order valence-corrected chi connectivity index (χ0v) is 15.5. The summed E-state index contributed by atoms with van der Waals surface area (Å²) in [7, 11) is 0. The van der Waals surface area contributed by atoms with Crippen molar-refractivity contribution in [3.63, 3.8) is 0 Å². The van der Waals surface area contributed by atoms with E-state index in [9.17, 15) is 9.59 Å². The van der Waals surface area contributed by atoms with Crippen LogP contribution < -0.4 is 10.6 Å². The minimum atomic E-state index is -0.370. The first kappa shape index (κ1) is 18.5. The minimum Gasteiger partial charge on any atom is -0.340 e. The average molecular weight is 381 g/mol. The number of aryl methyl sites for hydroxylation is 1. The van der Waals surface area contributed by atoms with Gasteiger partial charge in [0.1, 0.15) is 17.3 Å². The number of ketones is 1. The number of rotatable bonds is 5. The molecule has 0 aliphatic carbocycles. The predicted molar refractivity (Wildman–Crippen MR) is 106 cm³/mol. The summed E-state index contributed by atoms with van der Waals surface area (Å²) in [5.74, 6) is 0.544. The average Bonchev–Trinajstić information content (AvgIpc) is 2.61. The van der Waals surface area contributed by atoms with E-state index in [0.29, 0.717) is 27.9 Å². The SMILES string of the molecule is CC(=O)c1ccc(NC(=O)c2cc(Nc3cccc(Cl)c3)nc(C)n2)cc1. The minimum absolute atomic E-state index is 0.0315. The van der Waals surface area contributed by atoms with Crippen LogP contribution in [0.5, 0.6) is 0 Å². The van der Waals surface area contributed by atoms with Crippen molar-refractivity contribution in [3.8, 4) is 0 Å². The molecule has 1 aromatic heterocycles. The van der Waals surface area contributed by atoms with Crippen LogP contribution in [0.15, 0.2) is 54.6 Å². The molecule has 0 aliphatic heterocycles. The van der Waals surface area contributed by atoms with Crippen LogP contribution in [0.1, 0.15) is 33.6 Å². The van der Waals surface area contributed by atoms with E-state index in [1.54, 1.807) is 49.4 Å². The largest absolute Gasteiger partial charge is 0.340 e. The molecule has 0 saturated heterocycles. The molecule has 1 amide bonds. The van der Waals surface area contributed by atoms with Gasteiger partial charge in [0.15, 0.2) is 5.78 Å². The molecule has 1 heterocycles. The Morgan fingerprint density at radius 2 is 1.70 bits per heavy atom. The second-order valence-electron chi connectivity index (χ2n) is 5.91. The van der Waals surface area contributed by atoms with Crippen LogP contribution in [0.4, 0.5) is 17.2 Å². The highest BCUT2D eigenvalue weighted by molar-refractivity contribution is 6.30. The number of hydrogen-bond acceptors (Lipinski definition) is 5. The molecule has 6 nitrogen and oxygen atoms in total. The number of hydrogen-bond donors (Lipinski definition) is 2. The van der Waals surface area contributed by atoms with Gasteiger partial charge in [0.2, 0.25) is 0 Å². The van der Waals surface area contributed by atoms with Crippen molar-refractivity contribution in [2.45, 2.75) is 13.8 Å². The molecule has 0 radical (unpaired) electrons. The summed E-state index contributed by atoms with van der Waals surface area (Å²) in [6, 6.07) is 15.4. The summed E-state index contributed by atoms with van der Waals surface area (Å²) < 4.78 is 0. The van der Waals surface area contributed by atoms with E-state index in [1.807, 2.05) is 12.1 Å². The maximum absolute atomic E-state index is 12.5. The van der Waals surface area contributed by atoms with E-state index < -0.39 is 0 Å². The Bertz CT molecular complexity index is 1000. The third-order valence-electron chi connectivity index (χ3n) is 3.72. The zero-order chi connectivity index (χ0) is 19.4. The Labute approximate surface area is 161 Å². The fourth-order valence-electron chi connectivity index (χ4n) is 2.45. The van der Waals surface area contributed by atoms with Crippen LogP contribution in [0, 0.1) is 6.92 Å². The van der Waals surface area contributed by atoms with E-state index in [-0.39, 0.29) is 17.4 Å². The molecule has 0 bridgehead atoms. The fourth-order valence-corrected chi connectivity index (χ4v) is 2.64. The van der Waals surface area contributed by atoms with Gasteiger partial charge < -0.3 is 10.6 Å². The van der Waals surface area contributed by atoms with Crippen LogP contribution in [-0.4, -0.2) is 21.7 Å². The number of amides is 1. The molecular formula is C20H17ClN4O2. The fraction of sp³-hybridized carbons (Fsp3) is 0.100. The summed E-state index contributed by atoms with van der Waals surface area (Å²) in [5, 5.41) is 6.47. The third-order valence-corrected chi connectivity index (χ3v) is 3.95. The van der Waals surface area contributed by atoms with Gasteiger partial charge in [-0.2, -0.15) is 0 Å². The van der Waals surface area contributed by atoms with E-state index in [4.69, 9.17) is 11.6 Å². The molecule has 0 spiro atoms. The first-order valence-corrected chi connectivity index (χ1v) is 8.59. The number of nitrogens with zero attached hydrogens (tertiary/aromatic N) is 2. The van der Waals surface area contributed by atoms with E-state index in [0.717, 1.165) is 5.69 Å². The quantitative estimate of drug-likeness (QED) is 0.630. The lowest BCUT2D eigenvalue weighted by Crippen LogP contribution is -2.15. The number of nitrogens with one attached hydrogen (secondary N) is 2. The van der Waals surface area contributed by atoms with E-state index in [1.165, 1.54) is 6.92 Å². The molecule has 3 aromatic rings. The summed E-state index contributed by atoms with van der Waals surface area (Å²) in [4.78, 5) is 32.3. The highest BCUT2D eigenvalue weighted by atomic mass is 35.5. The summed E-state index contributed by atoms with van der Waals surface area (Å²) >= 11 is 5.99. The third kappa shape index (κ3) is 4.89. The molecule has 136 valence electrons. The first-order chi connectivity index (χ1) is 12.9. The van der Waals surface area contributed by atoms with Crippen LogP contribution in [0.2, 0.25) is 5.02 Å². The van der Waals surface area contributed by atoms with Crippen LogP contribution in [-0.2, 0) is 0 Å². The number of benzene rings is 2. The van der Waals surface area contributed by atoms with Crippen molar-refractivity contribution in [2.75, 3.05) is 10.6 Å². The Balaban J connectivity index is 1.78. The van der Waals surface area contributed by atoms with Gasteiger partial charge in [-0.15, -0.1) is 0 Å². The molecule has 2 aromatic carbocycles. The van der Waals surface area contributed by atoms with E-state index in [2.05, 4.69) is 20.6 Å². The van der Waals surface area contributed by atoms with Gasteiger partial charge in [0.05, 0.1) is 0 Å². The van der Waals surface area contributed by atoms with Gasteiger partial charge in [-0.05, 0) is 56.3 Å². The lowest BCUT2D eigenvalue weighted by molar-refractivity contribution is 0.101. The molecule has 0 aliphatic rings. The zero-order valence-electron chi connectivity index (χ0n) is 14.8. The second kappa shape index (κ2) is 7.97. The van der Waals surface area contributed by atoms with Gasteiger partial charge in [-0.3, -0.25) is 9.59 Å². The topological polar surface area (TPSA) is 84.0 Å². The van der Waals surface area contributed by atoms with Crippen molar-refractivity contribution in [1.82, 2.24) is 9.97 Å². The highest BCUT2D eigenvalue weighted by Gasteiger charge is 2.12. The molecule has 7 heteroatoms. The monoisotopic (exact) mass is 380 g/mol. The van der Waals surface area contributed by atoms with Gasteiger partial charge in [0.25, 0.3) is 5.91 Å². The lowest BCUT2D eigenvalue weighted by Gasteiger charge is -2.10. The smallest absolute Gasteiger partial charge is 0.274 e.